The molecule has 0 fully saturated rings. The van der Waals surface area contributed by atoms with Gasteiger partial charge in [0.25, 0.3) is 11.5 Å². The van der Waals surface area contributed by atoms with E-state index < -0.39 is 5.91 Å². The Hall–Kier alpha value is -3.40. The minimum Gasteiger partial charge on any atom is -0.310 e. The molecule has 4 aromatic heterocycles. The molecule has 0 atom stereocenters. The highest BCUT2D eigenvalue weighted by Crippen LogP contribution is 2.16. The van der Waals surface area contributed by atoms with Gasteiger partial charge in [-0.25, -0.2) is 4.98 Å². The van der Waals surface area contributed by atoms with Gasteiger partial charge in [-0.15, -0.1) is 10.2 Å². The number of hydrogen-bond acceptors (Lipinski definition) is 7. The maximum Gasteiger partial charge on any atom is 0.267 e. The zero-order valence-corrected chi connectivity index (χ0v) is 16.1. The standard InChI is InChI=1S/C18H17N7O2S/c1-3-7-25-14(19)11(16(26)21-18-23-22-10(2)28-18)9-12-15(25)20-13-6-4-5-8-24(13)17(12)27/h4-6,8-9,19H,3,7H2,1-2H3,(H,21,23,26). The summed E-state index contributed by atoms with van der Waals surface area (Å²) >= 11 is 1.24. The van der Waals surface area contributed by atoms with Gasteiger partial charge in [0.2, 0.25) is 5.13 Å². The predicted molar refractivity (Wildman–Crippen MR) is 106 cm³/mol. The van der Waals surface area contributed by atoms with Crippen LogP contribution < -0.4 is 16.4 Å². The number of aromatic nitrogens is 5. The number of nitrogens with zero attached hydrogens (tertiary/aromatic N) is 5. The molecule has 9 nitrogen and oxygen atoms in total. The second kappa shape index (κ2) is 6.97. The number of carbonyl (C=O) groups is 1. The lowest BCUT2D eigenvalue weighted by atomic mass is 10.2. The largest absolute Gasteiger partial charge is 0.310 e. The molecule has 0 saturated carbocycles. The Morgan fingerprint density at radius 2 is 2.14 bits per heavy atom. The number of amides is 1. The van der Waals surface area contributed by atoms with Gasteiger partial charge in [-0.2, -0.15) is 0 Å². The van der Waals surface area contributed by atoms with E-state index in [1.807, 2.05) is 6.92 Å². The topological polar surface area (TPSA) is 118 Å². The van der Waals surface area contributed by atoms with Gasteiger partial charge in [-0.3, -0.25) is 24.7 Å². The highest BCUT2D eigenvalue weighted by Gasteiger charge is 2.18. The molecule has 0 aliphatic heterocycles. The molecule has 1 amide bonds. The Bertz CT molecular complexity index is 1340. The normalized spacial score (nSPS) is 11.2. The highest BCUT2D eigenvalue weighted by atomic mass is 32.1. The van der Waals surface area contributed by atoms with Crippen molar-refractivity contribution in [2.75, 3.05) is 5.32 Å². The van der Waals surface area contributed by atoms with Crippen LogP contribution >= 0.6 is 11.3 Å². The third-order valence-electron chi connectivity index (χ3n) is 4.26. The SMILES string of the molecule is CCCn1c(=N)c(C(=O)Nc2nnc(C)s2)cc2c(=O)n3ccccc3nc21. The maximum atomic E-state index is 13.0. The van der Waals surface area contributed by atoms with Crippen molar-refractivity contribution < 1.29 is 4.79 Å². The van der Waals surface area contributed by atoms with Gasteiger partial charge in [0.15, 0.2) is 0 Å². The summed E-state index contributed by atoms with van der Waals surface area (Å²) in [6, 6.07) is 6.71. The van der Waals surface area contributed by atoms with Crippen molar-refractivity contribution >= 4 is 39.1 Å². The van der Waals surface area contributed by atoms with Gasteiger partial charge >= 0.3 is 0 Å². The molecule has 0 bridgehead atoms. The second-order valence-corrected chi connectivity index (χ2v) is 7.40. The zero-order chi connectivity index (χ0) is 19.8. The maximum absolute atomic E-state index is 13.0. The van der Waals surface area contributed by atoms with Crippen LogP contribution in [0.5, 0.6) is 0 Å². The molecule has 0 saturated heterocycles. The lowest BCUT2D eigenvalue weighted by Crippen LogP contribution is -2.32. The molecular formula is C18H17N7O2S. The number of pyridine rings is 2. The summed E-state index contributed by atoms with van der Waals surface area (Å²) in [5, 5.41) is 20.3. The van der Waals surface area contributed by atoms with E-state index in [1.54, 1.807) is 35.9 Å². The summed E-state index contributed by atoms with van der Waals surface area (Å²) in [6.07, 6.45) is 2.36. The van der Waals surface area contributed by atoms with Crippen molar-refractivity contribution in [3.63, 3.8) is 0 Å². The van der Waals surface area contributed by atoms with Gasteiger partial charge in [0.1, 0.15) is 21.8 Å². The molecule has 142 valence electrons. The third kappa shape index (κ3) is 2.97. The second-order valence-electron chi connectivity index (χ2n) is 6.22. The molecule has 0 radical (unpaired) electrons. The molecule has 0 aromatic carbocycles. The van der Waals surface area contributed by atoms with Crippen LogP contribution in [0.4, 0.5) is 5.13 Å². The number of aryl methyl sites for hydroxylation is 2. The Kier molecular flexibility index (Phi) is 4.47. The van der Waals surface area contributed by atoms with Crippen molar-refractivity contribution in [1.29, 1.82) is 5.41 Å². The van der Waals surface area contributed by atoms with Gasteiger partial charge in [0.05, 0.1) is 10.9 Å². The summed E-state index contributed by atoms with van der Waals surface area (Å²) in [5.41, 5.74) is 0.687. The first kappa shape index (κ1) is 18.0. The first-order valence-corrected chi connectivity index (χ1v) is 9.52. The van der Waals surface area contributed by atoms with Crippen LogP contribution in [0, 0.1) is 12.3 Å². The number of rotatable bonds is 4. The van der Waals surface area contributed by atoms with Gasteiger partial charge in [-0.1, -0.05) is 24.3 Å². The van der Waals surface area contributed by atoms with Crippen LogP contribution in [0.1, 0.15) is 28.7 Å². The van der Waals surface area contributed by atoms with E-state index in [0.29, 0.717) is 23.0 Å². The number of carbonyl (C=O) groups excluding carboxylic acids is 1. The van der Waals surface area contributed by atoms with Crippen molar-refractivity contribution in [2.45, 2.75) is 26.8 Å². The summed E-state index contributed by atoms with van der Waals surface area (Å²) in [5.74, 6) is -0.509. The lowest BCUT2D eigenvalue weighted by molar-refractivity contribution is 0.102. The van der Waals surface area contributed by atoms with E-state index in [4.69, 9.17) is 5.41 Å². The van der Waals surface area contributed by atoms with Crippen LogP contribution in [-0.4, -0.2) is 30.1 Å². The van der Waals surface area contributed by atoms with Gasteiger partial charge in [0, 0.05) is 12.7 Å². The quantitative estimate of drug-likeness (QED) is 0.512. The van der Waals surface area contributed by atoms with Gasteiger partial charge < -0.3 is 4.57 Å². The molecule has 4 heterocycles. The van der Waals surface area contributed by atoms with Crippen molar-refractivity contribution in [3.8, 4) is 0 Å². The number of anilines is 1. The minimum absolute atomic E-state index is 0.000248. The van der Waals surface area contributed by atoms with Crippen molar-refractivity contribution in [2.24, 2.45) is 0 Å². The van der Waals surface area contributed by atoms with E-state index in [2.05, 4.69) is 20.5 Å². The monoisotopic (exact) mass is 395 g/mol. The average Bonchev–Trinajstić information content (AvgIpc) is 3.09. The number of nitrogens with one attached hydrogen (secondary N) is 2. The van der Waals surface area contributed by atoms with E-state index in [1.165, 1.54) is 21.8 Å². The summed E-state index contributed by atoms with van der Waals surface area (Å²) in [7, 11) is 0. The molecule has 28 heavy (non-hydrogen) atoms. The lowest BCUT2D eigenvalue weighted by Gasteiger charge is -2.13. The Morgan fingerprint density at radius 3 is 2.86 bits per heavy atom. The predicted octanol–water partition coefficient (Wildman–Crippen LogP) is 1.95. The first-order chi connectivity index (χ1) is 13.5. The average molecular weight is 395 g/mol. The Labute approximate surface area is 162 Å². The number of fused-ring (bicyclic) bond motifs is 2. The molecular weight excluding hydrogens is 378 g/mol. The number of hydrogen-bond donors (Lipinski definition) is 2. The first-order valence-electron chi connectivity index (χ1n) is 8.70. The summed E-state index contributed by atoms with van der Waals surface area (Å²) < 4.78 is 3.03. The van der Waals surface area contributed by atoms with Crippen LogP contribution in [0.25, 0.3) is 16.7 Å². The van der Waals surface area contributed by atoms with E-state index >= 15 is 0 Å². The molecule has 0 aliphatic carbocycles. The van der Waals surface area contributed by atoms with Crippen LogP contribution in [0.3, 0.4) is 0 Å². The van der Waals surface area contributed by atoms with E-state index in [-0.39, 0.29) is 22.0 Å². The molecule has 4 aromatic rings. The molecule has 0 unspecified atom stereocenters. The van der Waals surface area contributed by atoms with Crippen LogP contribution in [-0.2, 0) is 6.54 Å². The van der Waals surface area contributed by atoms with Crippen LogP contribution in [0.2, 0.25) is 0 Å². The fourth-order valence-corrected chi connectivity index (χ4v) is 3.60. The molecule has 0 aliphatic rings. The molecule has 2 N–H and O–H groups in total. The molecule has 0 spiro atoms. The minimum atomic E-state index is -0.509. The van der Waals surface area contributed by atoms with Crippen molar-refractivity contribution in [3.05, 3.63) is 56.9 Å². The Balaban J connectivity index is 1.96. The Morgan fingerprint density at radius 1 is 1.32 bits per heavy atom. The summed E-state index contributed by atoms with van der Waals surface area (Å²) in [4.78, 5) is 30.3. The molecule has 10 heteroatoms. The fraction of sp³-hybridized carbons (Fsp3) is 0.222. The highest BCUT2D eigenvalue weighted by molar-refractivity contribution is 7.15. The van der Waals surface area contributed by atoms with Crippen LogP contribution in [0.15, 0.2) is 35.3 Å². The zero-order valence-electron chi connectivity index (χ0n) is 15.3. The van der Waals surface area contributed by atoms with E-state index in [9.17, 15) is 9.59 Å². The third-order valence-corrected chi connectivity index (χ3v) is 5.01. The van der Waals surface area contributed by atoms with Crippen molar-refractivity contribution in [1.82, 2.24) is 24.1 Å². The fourth-order valence-electron chi connectivity index (χ4n) is 3.01. The summed E-state index contributed by atoms with van der Waals surface area (Å²) in [6.45, 7) is 4.21. The van der Waals surface area contributed by atoms with Gasteiger partial charge in [-0.05, 0) is 31.5 Å². The smallest absolute Gasteiger partial charge is 0.267 e. The molecule has 4 rings (SSSR count). The van der Waals surface area contributed by atoms with E-state index in [0.717, 1.165) is 11.4 Å².